The van der Waals surface area contributed by atoms with Gasteiger partial charge in [0.15, 0.2) is 0 Å². The van der Waals surface area contributed by atoms with Gasteiger partial charge in [-0.2, -0.15) is 9.64 Å². The maximum Gasteiger partial charge on any atom is 0.260 e. The molecular weight excluding hydrogens is 364 g/mol. The molecule has 1 amide bonds. The Morgan fingerprint density at radius 1 is 1.26 bits per heavy atom. The number of hydrogen-bond donors (Lipinski definition) is 2. The van der Waals surface area contributed by atoms with Crippen molar-refractivity contribution in [2.45, 2.75) is 13.8 Å². The van der Waals surface area contributed by atoms with Crippen LogP contribution in [0.4, 0.5) is 16.5 Å². The van der Waals surface area contributed by atoms with Crippen LogP contribution in [0.15, 0.2) is 30.6 Å². The summed E-state index contributed by atoms with van der Waals surface area (Å²) in [5.41, 5.74) is 2.87. The summed E-state index contributed by atoms with van der Waals surface area (Å²) in [6.45, 7) is 3.61. The number of methoxy groups -OCH3 is 1. The number of amides is 1. The second-order valence-corrected chi connectivity index (χ2v) is 6.42. The Bertz CT molecular complexity index is 1020. The van der Waals surface area contributed by atoms with Crippen LogP contribution in [0.3, 0.4) is 0 Å². The van der Waals surface area contributed by atoms with Gasteiger partial charge in [0.2, 0.25) is 5.88 Å². The second kappa shape index (κ2) is 7.80. The van der Waals surface area contributed by atoms with Crippen LogP contribution in [0.1, 0.15) is 27.2 Å². The Kier molecular flexibility index (Phi) is 5.28. The molecule has 3 rings (SSSR count). The van der Waals surface area contributed by atoms with E-state index in [2.05, 4.69) is 25.0 Å². The minimum atomic E-state index is -0.302. The van der Waals surface area contributed by atoms with Crippen LogP contribution >= 0.6 is 11.5 Å². The van der Waals surface area contributed by atoms with Crippen molar-refractivity contribution >= 4 is 33.9 Å². The molecular formula is C18H16N6O2S. The zero-order chi connectivity index (χ0) is 19.4. The molecule has 0 aliphatic rings. The number of aryl methyl sites for hydroxylation is 2. The van der Waals surface area contributed by atoms with Crippen molar-refractivity contribution in [1.82, 2.24) is 14.3 Å². The molecule has 3 heterocycles. The molecule has 136 valence electrons. The van der Waals surface area contributed by atoms with Crippen molar-refractivity contribution < 1.29 is 9.53 Å². The third-order valence-electron chi connectivity index (χ3n) is 3.71. The fourth-order valence-electron chi connectivity index (χ4n) is 2.41. The van der Waals surface area contributed by atoms with E-state index in [9.17, 15) is 4.79 Å². The number of hydrogen-bond acceptors (Lipinski definition) is 8. The van der Waals surface area contributed by atoms with E-state index in [-0.39, 0.29) is 5.91 Å². The number of nitrogens with one attached hydrogen (secondary N) is 2. The van der Waals surface area contributed by atoms with Crippen LogP contribution in [0.25, 0.3) is 0 Å². The number of aromatic nitrogens is 3. The van der Waals surface area contributed by atoms with Gasteiger partial charge in [-0.15, -0.1) is 0 Å². The number of carbonyl (C=O) groups excluding carboxylic acids is 1. The molecule has 27 heavy (non-hydrogen) atoms. The Morgan fingerprint density at radius 2 is 2.07 bits per heavy atom. The average molecular weight is 380 g/mol. The lowest BCUT2D eigenvalue weighted by Gasteiger charge is -2.09. The largest absolute Gasteiger partial charge is 0.481 e. The molecule has 0 spiro atoms. The molecule has 0 aromatic carbocycles. The molecule has 3 aromatic rings. The zero-order valence-corrected chi connectivity index (χ0v) is 15.7. The Morgan fingerprint density at radius 3 is 2.70 bits per heavy atom. The van der Waals surface area contributed by atoms with Gasteiger partial charge in [0.1, 0.15) is 16.9 Å². The van der Waals surface area contributed by atoms with Crippen LogP contribution < -0.4 is 15.4 Å². The predicted molar refractivity (Wildman–Crippen MR) is 103 cm³/mol. The van der Waals surface area contributed by atoms with Gasteiger partial charge < -0.3 is 15.4 Å². The van der Waals surface area contributed by atoms with E-state index >= 15 is 0 Å². The van der Waals surface area contributed by atoms with Gasteiger partial charge in [0.25, 0.3) is 5.91 Å². The molecule has 0 radical (unpaired) electrons. The molecule has 0 saturated carbocycles. The monoisotopic (exact) mass is 380 g/mol. The first kappa shape index (κ1) is 18.3. The van der Waals surface area contributed by atoms with E-state index in [0.717, 1.165) is 5.56 Å². The molecule has 0 saturated heterocycles. The Hall–Kier alpha value is -3.51. The van der Waals surface area contributed by atoms with Crippen molar-refractivity contribution in [3.05, 3.63) is 53.0 Å². The Labute approximate surface area is 160 Å². The second-order valence-electron chi connectivity index (χ2n) is 5.65. The number of pyridine rings is 2. The Balaban J connectivity index is 1.81. The number of ether oxygens (including phenoxy) is 1. The molecule has 8 nitrogen and oxygen atoms in total. The molecule has 2 N–H and O–H groups in total. The minimum absolute atomic E-state index is 0.302. The van der Waals surface area contributed by atoms with Gasteiger partial charge in [-0.3, -0.25) is 4.79 Å². The van der Waals surface area contributed by atoms with Gasteiger partial charge in [0, 0.05) is 11.8 Å². The number of nitrogens with zero attached hydrogens (tertiary/aromatic N) is 4. The summed E-state index contributed by atoms with van der Waals surface area (Å²) in [6.07, 6.45) is 3.00. The summed E-state index contributed by atoms with van der Waals surface area (Å²) in [6, 6.07) is 7.12. The zero-order valence-electron chi connectivity index (χ0n) is 14.9. The molecule has 0 aliphatic heterocycles. The van der Waals surface area contributed by atoms with Crippen LogP contribution in [0.2, 0.25) is 0 Å². The van der Waals surface area contributed by atoms with Crippen molar-refractivity contribution in [3.8, 4) is 11.9 Å². The predicted octanol–water partition coefficient (Wildman–Crippen LogP) is 3.43. The van der Waals surface area contributed by atoms with Crippen LogP contribution in [-0.2, 0) is 0 Å². The lowest BCUT2D eigenvalue weighted by Crippen LogP contribution is -2.14. The SMILES string of the molecule is COc1ncc(NC(=O)c2c(C)nsc2Nc2ccc(C#N)cn2)cc1C. The fraction of sp³-hybridized carbons (Fsp3) is 0.167. The average Bonchev–Trinajstić information content (AvgIpc) is 3.03. The van der Waals surface area contributed by atoms with Gasteiger partial charge in [-0.05, 0) is 43.6 Å². The maximum absolute atomic E-state index is 12.8. The highest BCUT2D eigenvalue weighted by atomic mass is 32.1. The van der Waals surface area contributed by atoms with Gasteiger partial charge in [-0.1, -0.05) is 0 Å². The van der Waals surface area contributed by atoms with Crippen LogP contribution in [0.5, 0.6) is 5.88 Å². The molecule has 0 unspecified atom stereocenters. The van der Waals surface area contributed by atoms with Crippen molar-refractivity contribution in [3.63, 3.8) is 0 Å². The third-order valence-corrected chi connectivity index (χ3v) is 4.56. The molecule has 9 heteroatoms. The number of nitriles is 1. The van der Waals surface area contributed by atoms with Gasteiger partial charge in [0.05, 0.1) is 35.8 Å². The minimum Gasteiger partial charge on any atom is -0.481 e. The first-order chi connectivity index (χ1) is 13.0. The van der Waals surface area contributed by atoms with Crippen LogP contribution in [0, 0.1) is 25.2 Å². The van der Waals surface area contributed by atoms with Crippen molar-refractivity contribution in [2.75, 3.05) is 17.7 Å². The van der Waals surface area contributed by atoms with Crippen molar-refractivity contribution in [2.24, 2.45) is 0 Å². The fourth-order valence-corrected chi connectivity index (χ4v) is 3.21. The quantitative estimate of drug-likeness (QED) is 0.697. The van der Waals surface area contributed by atoms with Crippen LogP contribution in [-0.4, -0.2) is 27.4 Å². The first-order valence-electron chi connectivity index (χ1n) is 7.93. The normalized spacial score (nSPS) is 10.1. The molecule has 3 aromatic heterocycles. The molecule has 0 aliphatic carbocycles. The molecule has 0 fully saturated rings. The summed E-state index contributed by atoms with van der Waals surface area (Å²) >= 11 is 1.17. The van der Waals surface area contributed by atoms with Gasteiger partial charge >= 0.3 is 0 Å². The summed E-state index contributed by atoms with van der Waals surface area (Å²) < 4.78 is 9.39. The smallest absolute Gasteiger partial charge is 0.260 e. The highest BCUT2D eigenvalue weighted by Gasteiger charge is 2.19. The summed E-state index contributed by atoms with van der Waals surface area (Å²) in [5.74, 6) is 0.730. The highest BCUT2D eigenvalue weighted by molar-refractivity contribution is 7.10. The van der Waals surface area contributed by atoms with Crippen molar-refractivity contribution in [1.29, 1.82) is 5.26 Å². The van der Waals surface area contributed by atoms with E-state index in [0.29, 0.717) is 39.2 Å². The lowest BCUT2D eigenvalue weighted by molar-refractivity contribution is 0.102. The third kappa shape index (κ3) is 4.02. The van der Waals surface area contributed by atoms with E-state index in [1.165, 1.54) is 23.9 Å². The molecule has 0 bridgehead atoms. The van der Waals surface area contributed by atoms with E-state index in [1.54, 1.807) is 32.2 Å². The standard InChI is InChI=1S/C18H16N6O2S/c1-10-6-13(9-21-17(10)26-3)22-16(25)15-11(2)24-27-18(15)23-14-5-4-12(7-19)8-20-14/h4-6,8-9H,1-3H3,(H,20,23)(H,22,25). The topological polar surface area (TPSA) is 113 Å². The van der Waals surface area contributed by atoms with E-state index < -0.39 is 0 Å². The highest BCUT2D eigenvalue weighted by Crippen LogP contribution is 2.28. The summed E-state index contributed by atoms with van der Waals surface area (Å²) in [5, 5.41) is 15.3. The number of rotatable bonds is 5. The number of carbonyl (C=O) groups is 1. The maximum atomic E-state index is 12.8. The summed E-state index contributed by atoms with van der Waals surface area (Å²) in [7, 11) is 1.54. The summed E-state index contributed by atoms with van der Waals surface area (Å²) in [4.78, 5) is 21.1. The lowest BCUT2D eigenvalue weighted by atomic mass is 10.2. The molecule has 0 atom stereocenters. The van der Waals surface area contributed by atoms with E-state index in [1.807, 2.05) is 13.0 Å². The van der Waals surface area contributed by atoms with E-state index in [4.69, 9.17) is 10.00 Å². The van der Waals surface area contributed by atoms with Gasteiger partial charge in [-0.25, -0.2) is 9.97 Å². The number of anilines is 3. The first-order valence-corrected chi connectivity index (χ1v) is 8.70.